The van der Waals surface area contributed by atoms with E-state index < -0.39 is 4.92 Å². The third kappa shape index (κ3) is 3.86. The largest absolute Gasteiger partial charge is 0.367 e. The molecule has 1 rings (SSSR count). The molecule has 1 N–H and O–H groups in total. The minimum Gasteiger partial charge on any atom is -0.367 e. The first kappa shape index (κ1) is 13.1. The zero-order valence-corrected chi connectivity index (χ0v) is 10.5. The summed E-state index contributed by atoms with van der Waals surface area (Å²) in [5, 5.41) is 13.8. The second-order valence-corrected chi connectivity index (χ2v) is 4.59. The van der Waals surface area contributed by atoms with E-state index in [1.807, 2.05) is 13.2 Å². The van der Waals surface area contributed by atoms with Crippen LogP contribution in [0.1, 0.15) is 6.92 Å². The molecule has 7 heteroatoms. The zero-order chi connectivity index (χ0) is 12.1. The highest BCUT2D eigenvalue weighted by Crippen LogP contribution is 2.21. The van der Waals surface area contributed by atoms with Gasteiger partial charge in [0.1, 0.15) is 11.0 Å². The maximum Gasteiger partial charge on any atom is 0.276 e. The van der Waals surface area contributed by atoms with Crippen LogP contribution in [0.5, 0.6) is 0 Å². The highest BCUT2D eigenvalue weighted by atomic mass is 35.5. The summed E-state index contributed by atoms with van der Waals surface area (Å²) in [5.41, 5.74) is -0.0566. The van der Waals surface area contributed by atoms with Crippen LogP contribution in [-0.2, 0) is 0 Å². The highest BCUT2D eigenvalue weighted by Gasteiger charge is 2.11. The van der Waals surface area contributed by atoms with Crippen molar-refractivity contribution in [2.45, 2.75) is 13.0 Å². The molecule has 0 radical (unpaired) electrons. The van der Waals surface area contributed by atoms with Crippen molar-refractivity contribution in [3.63, 3.8) is 0 Å². The van der Waals surface area contributed by atoms with Crippen LogP contribution in [0, 0.1) is 10.1 Å². The lowest BCUT2D eigenvalue weighted by atomic mass is 10.3. The zero-order valence-electron chi connectivity index (χ0n) is 8.94. The van der Waals surface area contributed by atoms with Gasteiger partial charge < -0.3 is 5.32 Å². The van der Waals surface area contributed by atoms with Crippen molar-refractivity contribution in [3.8, 4) is 0 Å². The topological polar surface area (TPSA) is 68.1 Å². The van der Waals surface area contributed by atoms with Gasteiger partial charge in [0, 0.05) is 11.8 Å². The SMILES string of the molecule is CSCC(C)Nc1cc([N+](=O)[O-])cc(Cl)n1. The Morgan fingerprint density at radius 2 is 2.38 bits per heavy atom. The van der Waals surface area contributed by atoms with Crippen molar-refractivity contribution in [1.82, 2.24) is 4.98 Å². The summed E-state index contributed by atoms with van der Waals surface area (Å²) in [6.45, 7) is 1.98. The van der Waals surface area contributed by atoms with E-state index in [1.165, 1.54) is 12.1 Å². The standard InChI is InChI=1S/C9H12ClN3O2S/c1-6(5-16-2)11-9-4-7(13(14)15)3-8(10)12-9/h3-4,6H,5H2,1-2H3,(H,11,12). The molecule has 0 amide bonds. The van der Waals surface area contributed by atoms with Crippen LogP contribution in [0.2, 0.25) is 5.15 Å². The van der Waals surface area contributed by atoms with Crippen LogP contribution in [0.3, 0.4) is 0 Å². The first-order valence-electron chi connectivity index (χ1n) is 4.60. The van der Waals surface area contributed by atoms with Crippen molar-refractivity contribution in [1.29, 1.82) is 0 Å². The van der Waals surface area contributed by atoms with Gasteiger partial charge in [0.25, 0.3) is 5.69 Å². The van der Waals surface area contributed by atoms with E-state index in [0.717, 1.165) is 5.75 Å². The second kappa shape index (κ2) is 5.91. The molecule has 0 aliphatic rings. The van der Waals surface area contributed by atoms with E-state index in [-0.39, 0.29) is 16.9 Å². The number of halogens is 1. The molecule has 0 fully saturated rings. The maximum atomic E-state index is 10.6. The number of aromatic nitrogens is 1. The van der Waals surface area contributed by atoms with Gasteiger partial charge in [0.2, 0.25) is 0 Å². The van der Waals surface area contributed by atoms with Gasteiger partial charge in [-0.15, -0.1) is 0 Å². The minimum absolute atomic E-state index is 0.0566. The lowest BCUT2D eigenvalue weighted by Gasteiger charge is -2.12. The van der Waals surface area contributed by atoms with E-state index in [1.54, 1.807) is 11.8 Å². The third-order valence-corrected chi connectivity index (χ3v) is 2.83. The molecule has 0 aliphatic carbocycles. The summed E-state index contributed by atoms with van der Waals surface area (Å²) in [6, 6.07) is 2.79. The Kier molecular flexibility index (Phi) is 4.82. The lowest BCUT2D eigenvalue weighted by Crippen LogP contribution is -2.18. The maximum absolute atomic E-state index is 10.6. The average Bonchev–Trinajstić information content (AvgIpc) is 2.16. The molecule has 0 bridgehead atoms. The van der Waals surface area contributed by atoms with Crippen molar-refractivity contribution in [3.05, 3.63) is 27.4 Å². The number of pyridine rings is 1. The van der Waals surface area contributed by atoms with E-state index in [4.69, 9.17) is 11.6 Å². The van der Waals surface area contributed by atoms with Crippen LogP contribution in [-0.4, -0.2) is 28.0 Å². The number of nitrogens with zero attached hydrogens (tertiary/aromatic N) is 2. The molecule has 0 aliphatic heterocycles. The number of rotatable bonds is 5. The molecular weight excluding hydrogens is 250 g/mol. The van der Waals surface area contributed by atoms with Crippen molar-refractivity contribution >= 4 is 34.9 Å². The van der Waals surface area contributed by atoms with Crippen LogP contribution in [0.25, 0.3) is 0 Å². The van der Waals surface area contributed by atoms with Gasteiger partial charge in [-0.1, -0.05) is 11.6 Å². The van der Waals surface area contributed by atoms with Gasteiger partial charge in [0.05, 0.1) is 17.1 Å². The quantitative estimate of drug-likeness (QED) is 0.501. The second-order valence-electron chi connectivity index (χ2n) is 3.29. The lowest BCUT2D eigenvalue weighted by molar-refractivity contribution is -0.384. The molecule has 0 aromatic carbocycles. The molecular formula is C9H12ClN3O2S. The Hall–Kier alpha value is -1.01. The predicted molar refractivity (Wildman–Crippen MR) is 67.4 cm³/mol. The Bertz CT molecular complexity index is 389. The van der Waals surface area contributed by atoms with Gasteiger partial charge in [-0.25, -0.2) is 4.98 Å². The molecule has 16 heavy (non-hydrogen) atoms. The molecule has 0 spiro atoms. The summed E-state index contributed by atoms with van der Waals surface area (Å²) in [5.74, 6) is 1.32. The Balaban J connectivity index is 2.84. The molecule has 5 nitrogen and oxygen atoms in total. The molecule has 1 unspecified atom stereocenters. The van der Waals surface area contributed by atoms with E-state index in [2.05, 4.69) is 10.3 Å². The predicted octanol–water partition coefficient (Wildman–Crippen LogP) is 2.81. The number of hydrogen-bond acceptors (Lipinski definition) is 5. The average molecular weight is 262 g/mol. The Morgan fingerprint density at radius 1 is 1.69 bits per heavy atom. The first-order chi connectivity index (χ1) is 7.52. The van der Waals surface area contributed by atoms with Crippen LogP contribution >= 0.6 is 23.4 Å². The Morgan fingerprint density at radius 3 is 2.94 bits per heavy atom. The number of nitrogens with one attached hydrogen (secondary N) is 1. The van der Waals surface area contributed by atoms with Gasteiger partial charge in [0.15, 0.2) is 0 Å². The van der Waals surface area contributed by atoms with Gasteiger partial charge >= 0.3 is 0 Å². The molecule has 1 aromatic rings. The number of anilines is 1. The number of thioether (sulfide) groups is 1. The summed E-state index contributed by atoms with van der Waals surface area (Å²) >= 11 is 7.38. The summed E-state index contributed by atoms with van der Waals surface area (Å²) in [6.07, 6.45) is 1.99. The monoisotopic (exact) mass is 261 g/mol. The van der Waals surface area contributed by atoms with Crippen LogP contribution in [0.4, 0.5) is 11.5 Å². The first-order valence-corrected chi connectivity index (χ1v) is 6.37. The molecule has 1 atom stereocenters. The number of nitro groups is 1. The summed E-state index contributed by atoms with van der Waals surface area (Å²) in [7, 11) is 0. The van der Waals surface area contributed by atoms with Crippen molar-refractivity contribution in [2.24, 2.45) is 0 Å². The molecule has 0 saturated heterocycles. The van der Waals surface area contributed by atoms with Gasteiger partial charge in [-0.2, -0.15) is 11.8 Å². The third-order valence-electron chi connectivity index (χ3n) is 1.80. The van der Waals surface area contributed by atoms with E-state index >= 15 is 0 Å². The number of hydrogen-bond donors (Lipinski definition) is 1. The molecule has 0 saturated carbocycles. The molecule has 1 heterocycles. The van der Waals surface area contributed by atoms with Crippen LogP contribution < -0.4 is 5.32 Å². The molecule has 88 valence electrons. The smallest absolute Gasteiger partial charge is 0.276 e. The fraction of sp³-hybridized carbons (Fsp3) is 0.444. The van der Waals surface area contributed by atoms with Gasteiger partial charge in [-0.3, -0.25) is 10.1 Å². The fourth-order valence-corrected chi connectivity index (χ4v) is 1.99. The molecule has 1 aromatic heterocycles. The Labute approximate surface area is 103 Å². The van der Waals surface area contributed by atoms with Crippen molar-refractivity contribution < 1.29 is 4.92 Å². The summed E-state index contributed by atoms with van der Waals surface area (Å²) < 4.78 is 0. The fourth-order valence-electron chi connectivity index (χ4n) is 1.21. The van der Waals surface area contributed by atoms with E-state index in [9.17, 15) is 10.1 Å². The minimum atomic E-state index is -0.488. The summed E-state index contributed by atoms with van der Waals surface area (Å²) in [4.78, 5) is 14.1. The normalized spacial score (nSPS) is 12.2. The van der Waals surface area contributed by atoms with Gasteiger partial charge in [-0.05, 0) is 13.2 Å². The van der Waals surface area contributed by atoms with Crippen molar-refractivity contribution in [2.75, 3.05) is 17.3 Å². The highest BCUT2D eigenvalue weighted by molar-refractivity contribution is 7.98. The van der Waals surface area contributed by atoms with Crippen LogP contribution in [0.15, 0.2) is 12.1 Å². The van der Waals surface area contributed by atoms with E-state index in [0.29, 0.717) is 5.82 Å².